The third-order valence-electron chi connectivity index (χ3n) is 2.03. The Morgan fingerprint density at radius 3 is 2.27 bits per heavy atom. The number of carbonyl (C=O) groups excluding carboxylic acids is 2. The van der Waals surface area contributed by atoms with Crippen LogP contribution in [0.4, 0.5) is 0 Å². The summed E-state index contributed by atoms with van der Waals surface area (Å²) in [6.07, 6.45) is 5.16. The summed E-state index contributed by atoms with van der Waals surface area (Å²) in [7, 11) is 1.83. The van der Waals surface area contributed by atoms with Crippen molar-refractivity contribution in [3.8, 4) is 0 Å². The van der Waals surface area contributed by atoms with Gasteiger partial charge in [-0.15, -0.1) is 0 Å². The average molecular weight is 203 g/mol. The molecule has 0 aliphatic heterocycles. The fraction of sp³-hybridized carbons (Fsp3) is 0.167. The first kappa shape index (κ1) is 11.3. The molecule has 0 bridgehead atoms. The van der Waals surface area contributed by atoms with Crippen molar-refractivity contribution in [3.63, 3.8) is 0 Å². The molecule has 0 aliphatic carbocycles. The summed E-state index contributed by atoms with van der Waals surface area (Å²) < 4.78 is 0. The van der Waals surface area contributed by atoms with E-state index in [0.717, 1.165) is 12.6 Å². The van der Waals surface area contributed by atoms with Gasteiger partial charge in [0, 0.05) is 17.7 Å². The van der Waals surface area contributed by atoms with E-state index in [1.165, 1.54) is 0 Å². The highest BCUT2D eigenvalue weighted by atomic mass is 16.1. The largest absolute Gasteiger partial charge is 0.316 e. The van der Waals surface area contributed by atoms with Crippen LogP contribution in [0.15, 0.2) is 24.3 Å². The first-order chi connectivity index (χ1) is 7.33. The number of carbonyl (C=O) groups is 2. The van der Waals surface area contributed by atoms with Gasteiger partial charge in [-0.2, -0.15) is 0 Å². The zero-order valence-corrected chi connectivity index (χ0v) is 8.57. The zero-order chi connectivity index (χ0) is 11.1. The summed E-state index contributed by atoms with van der Waals surface area (Å²) in [5.41, 5.74) is 1.75. The van der Waals surface area contributed by atoms with Gasteiger partial charge in [0.1, 0.15) is 0 Å². The molecule has 15 heavy (non-hydrogen) atoms. The molecule has 0 fully saturated rings. The predicted octanol–water partition coefficient (Wildman–Crippen LogP) is 1.54. The molecule has 1 aromatic rings. The van der Waals surface area contributed by atoms with Crippen LogP contribution in [0.1, 0.15) is 26.3 Å². The van der Waals surface area contributed by atoms with E-state index < -0.39 is 0 Å². The maximum Gasteiger partial charge on any atom is 0.150 e. The lowest BCUT2D eigenvalue weighted by atomic mass is 10.0. The van der Waals surface area contributed by atoms with Crippen molar-refractivity contribution in [2.24, 2.45) is 0 Å². The number of rotatable bonds is 5. The highest BCUT2D eigenvalue weighted by Gasteiger charge is 2.03. The van der Waals surface area contributed by atoms with E-state index in [9.17, 15) is 9.59 Å². The quantitative estimate of drug-likeness (QED) is 0.738. The molecule has 1 aromatic carbocycles. The van der Waals surface area contributed by atoms with Gasteiger partial charge in [-0.25, -0.2) is 0 Å². The average Bonchev–Trinajstić information content (AvgIpc) is 2.29. The maximum atomic E-state index is 10.8. The van der Waals surface area contributed by atoms with E-state index in [0.29, 0.717) is 23.2 Å². The Bertz CT molecular complexity index is 357. The summed E-state index contributed by atoms with van der Waals surface area (Å²) in [4.78, 5) is 21.5. The van der Waals surface area contributed by atoms with Gasteiger partial charge in [0.15, 0.2) is 12.6 Å². The lowest BCUT2D eigenvalue weighted by Gasteiger charge is -2.02. The maximum absolute atomic E-state index is 10.8. The molecule has 3 heteroatoms. The van der Waals surface area contributed by atoms with Crippen LogP contribution in [0.25, 0.3) is 6.08 Å². The molecule has 0 spiro atoms. The van der Waals surface area contributed by atoms with Crippen molar-refractivity contribution in [1.29, 1.82) is 0 Å². The van der Waals surface area contributed by atoms with Gasteiger partial charge in [-0.05, 0) is 12.6 Å². The van der Waals surface area contributed by atoms with E-state index in [1.54, 1.807) is 24.3 Å². The predicted molar refractivity (Wildman–Crippen MR) is 60.2 cm³/mol. The first-order valence-corrected chi connectivity index (χ1v) is 4.68. The normalized spacial score (nSPS) is 10.5. The Kier molecular flexibility index (Phi) is 4.44. The lowest BCUT2D eigenvalue weighted by molar-refractivity contribution is 0.112. The molecule has 0 unspecified atom stereocenters. The number of hydrogen-bond acceptors (Lipinski definition) is 3. The fourth-order valence-corrected chi connectivity index (χ4v) is 1.29. The van der Waals surface area contributed by atoms with Crippen molar-refractivity contribution in [3.05, 3.63) is 41.0 Å². The summed E-state index contributed by atoms with van der Waals surface area (Å²) in [6, 6.07) is 5.08. The van der Waals surface area contributed by atoms with Gasteiger partial charge in [-0.1, -0.05) is 30.4 Å². The minimum Gasteiger partial charge on any atom is -0.316 e. The van der Waals surface area contributed by atoms with E-state index in [-0.39, 0.29) is 0 Å². The summed E-state index contributed by atoms with van der Waals surface area (Å²) in [5, 5.41) is 2.95. The molecule has 0 aliphatic rings. The van der Waals surface area contributed by atoms with Crippen LogP contribution < -0.4 is 5.32 Å². The van der Waals surface area contributed by atoms with Crippen LogP contribution in [0, 0.1) is 0 Å². The third kappa shape index (κ3) is 2.86. The fourth-order valence-electron chi connectivity index (χ4n) is 1.29. The smallest absolute Gasteiger partial charge is 0.150 e. The van der Waals surface area contributed by atoms with Gasteiger partial charge in [0.05, 0.1) is 0 Å². The topological polar surface area (TPSA) is 46.2 Å². The molecule has 0 saturated carbocycles. The number of aldehydes is 2. The second kappa shape index (κ2) is 5.88. The summed E-state index contributed by atoms with van der Waals surface area (Å²) in [5.74, 6) is 0. The Morgan fingerprint density at radius 2 is 1.80 bits per heavy atom. The standard InChI is InChI=1S/C12H13NO2/c1-13-7-3-6-12-10(8-14)4-2-5-11(12)9-15/h2-6,8-9,13H,7H2,1H3. The summed E-state index contributed by atoms with van der Waals surface area (Å²) in [6.45, 7) is 0.700. The van der Waals surface area contributed by atoms with Gasteiger partial charge < -0.3 is 5.32 Å². The molecule has 0 radical (unpaired) electrons. The Labute approximate surface area is 88.8 Å². The van der Waals surface area contributed by atoms with Gasteiger partial charge in [0.25, 0.3) is 0 Å². The van der Waals surface area contributed by atoms with E-state index in [2.05, 4.69) is 5.32 Å². The van der Waals surface area contributed by atoms with E-state index in [1.807, 2.05) is 13.1 Å². The summed E-state index contributed by atoms with van der Waals surface area (Å²) >= 11 is 0. The molecule has 1 N–H and O–H groups in total. The van der Waals surface area contributed by atoms with Gasteiger partial charge in [0.2, 0.25) is 0 Å². The molecule has 0 aromatic heterocycles. The van der Waals surface area contributed by atoms with Crippen LogP contribution in [-0.2, 0) is 0 Å². The van der Waals surface area contributed by atoms with Crippen molar-refractivity contribution in [2.45, 2.75) is 0 Å². The molecule has 1 rings (SSSR count). The number of benzene rings is 1. The van der Waals surface area contributed by atoms with Crippen LogP contribution in [0.2, 0.25) is 0 Å². The number of hydrogen-bond donors (Lipinski definition) is 1. The third-order valence-corrected chi connectivity index (χ3v) is 2.03. The van der Waals surface area contributed by atoms with Crippen molar-refractivity contribution in [1.82, 2.24) is 5.32 Å². The second-order valence-electron chi connectivity index (χ2n) is 3.05. The first-order valence-electron chi connectivity index (χ1n) is 4.68. The van der Waals surface area contributed by atoms with Crippen molar-refractivity contribution in [2.75, 3.05) is 13.6 Å². The van der Waals surface area contributed by atoms with Crippen molar-refractivity contribution < 1.29 is 9.59 Å². The SMILES string of the molecule is CNCC=Cc1c(C=O)cccc1C=O. The monoisotopic (exact) mass is 203 g/mol. The molecule has 0 amide bonds. The Hall–Kier alpha value is -1.74. The Balaban J connectivity index is 3.10. The van der Waals surface area contributed by atoms with Crippen LogP contribution >= 0.6 is 0 Å². The minimum atomic E-state index is 0.534. The van der Waals surface area contributed by atoms with Gasteiger partial charge in [-0.3, -0.25) is 9.59 Å². The molecule has 78 valence electrons. The molecular formula is C12H13NO2. The zero-order valence-electron chi connectivity index (χ0n) is 8.57. The molecule has 0 heterocycles. The highest BCUT2D eigenvalue weighted by Crippen LogP contribution is 2.13. The second-order valence-corrected chi connectivity index (χ2v) is 3.05. The van der Waals surface area contributed by atoms with Crippen molar-refractivity contribution >= 4 is 18.6 Å². The van der Waals surface area contributed by atoms with Crippen LogP contribution in [-0.4, -0.2) is 26.2 Å². The number of likely N-dealkylation sites (N-methyl/N-ethyl adjacent to an activating group) is 1. The molecular weight excluding hydrogens is 190 g/mol. The minimum absolute atomic E-state index is 0.534. The highest BCUT2D eigenvalue weighted by molar-refractivity contribution is 5.90. The van der Waals surface area contributed by atoms with Crippen LogP contribution in [0.5, 0.6) is 0 Å². The van der Waals surface area contributed by atoms with Gasteiger partial charge >= 0.3 is 0 Å². The van der Waals surface area contributed by atoms with E-state index in [4.69, 9.17) is 0 Å². The molecule has 0 atom stereocenters. The number of nitrogens with one attached hydrogen (secondary N) is 1. The van der Waals surface area contributed by atoms with E-state index >= 15 is 0 Å². The Morgan fingerprint density at radius 1 is 1.20 bits per heavy atom. The lowest BCUT2D eigenvalue weighted by Crippen LogP contribution is -2.04. The van der Waals surface area contributed by atoms with Crippen LogP contribution in [0.3, 0.4) is 0 Å². The molecule has 3 nitrogen and oxygen atoms in total. The molecule has 0 saturated heterocycles.